The van der Waals surface area contributed by atoms with Crippen molar-refractivity contribution in [1.29, 1.82) is 0 Å². The van der Waals surface area contributed by atoms with Gasteiger partial charge in [0.2, 0.25) is 5.54 Å². The molecule has 1 fully saturated rings. The normalized spacial score (nSPS) is 35.4. The van der Waals surface area contributed by atoms with Gasteiger partial charge in [-0.1, -0.05) is 6.08 Å². The van der Waals surface area contributed by atoms with Gasteiger partial charge in [-0.05, 0) is 6.08 Å². The molecular formula is C10H15N3O5. The first kappa shape index (κ1) is 12.9. The second kappa shape index (κ2) is 4.29. The van der Waals surface area contributed by atoms with Crippen molar-refractivity contribution in [2.45, 2.75) is 23.9 Å². The lowest BCUT2D eigenvalue weighted by Gasteiger charge is -2.43. The second-order valence-corrected chi connectivity index (χ2v) is 5.06. The van der Waals surface area contributed by atoms with Crippen LogP contribution in [0.2, 0.25) is 0 Å². The zero-order valence-electron chi connectivity index (χ0n) is 9.82. The largest absolute Gasteiger partial charge is 0.395 e. The van der Waals surface area contributed by atoms with Crippen LogP contribution in [0.5, 0.6) is 0 Å². The molecule has 0 aromatic heterocycles. The molecule has 2 atom stereocenters. The highest BCUT2D eigenvalue weighted by Crippen LogP contribution is 2.40. The summed E-state index contributed by atoms with van der Waals surface area (Å²) >= 11 is 0. The van der Waals surface area contributed by atoms with E-state index in [9.17, 15) is 20.2 Å². The van der Waals surface area contributed by atoms with E-state index in [0.29, 0.717) is 0 Å². The van der Waals surface area contributed by atoms with E-state index < -0.39 is 20.9 Å². The van der Waals surface area contributed by atoms with E-state index >= 15 is 0 Å². The van der Waals surface area contributed by atoms with Crippen molar-refractivity contribution in [2.75, 3.05) is 26.2 Å². The van der Waals surface area contributed by atoms with Gasteiger partial charge in [-0.2, -0.15) is 0 Å². The van der Waals surface area contributed by atoms with E-state index in [-0.39, 0.29) is 39.1 Å². The lowest BCUT2D eigenvalue weighted by atomic mass is 9.72. The maximum atomic E-state index is 11.3. The molecule has 8 heteroatoms. The number of β-amino-alcohol motifs (C(OH)–C–C–N with tert-alkyl or cyclic N) is 1. The Morgan fingerprint density at radius 3 is 2.56 bits per heavy atom. The quantitative estimate of drug-likeness (QED) is 0.419. The molecule has 1 aliphatic carbocycles. The Bertz CT molecular complexity index is 412. The Morgan fingerprint density at radius 1 is 1.28 bits per heavy atom. The van der Waals surface area contributed by atoms with Crippen LogP contribution in [0.1, 0.15) is 12.8 Å². The predicted molar refractivity (Wildman–Crippen MR) is 61.4 cm³/mol. The van der Waals surface area contributed by atoms with E-state index in [1.807, 2.05) is 0 Å². The molecule has 2 bridgehead atoms. The first-order valence-corrected chi connectivity index (χ1v) is 5.74. The monoisotopic (exact) mass is 257 g/mol. The highest BCUT2D eigenvalue weighted by molar-refractivity contribution is 5.17. The van der Waals surface area contributed by atoms with Crippen molar-refractivity contribution in [2.24, 2.45) is 0 Å². The molecule has 2 aliphatic rings. The van der Waals surface area contributed by atoms with Crippen molar-refractivity contribution < 1.29 is 15.0 Å². The average molecular weight is 257 g/mol. The van der Waals surface area contributed by atoms with Gasteiger partial charge < -0.3 is 5.11 Å². The molecule has 0 saturated carbocycles. The third-order valence-electron chi connectivity index (χ3n) is 3.74. The summed E-state index contributed by atoms with van der Waals surface area (Å²) in [5.41, 5.74) is -2.69. The minimum Gasteiger partial charge on any atom is -0.395 e. The maximum absolute atomic E-state index is 11.3. The van der Waals surface area contributed by atoms with Crippen molar-refractivity contribution >= 4 is 0 Å². The highest BCUT2D eigenvalue weighted by Gasteiger charge is 2.62. The van der Waals surface area contributed by atoms with Crippen LogP contribution < -0.4 is 0 Å². The first-order chi connectivity index (χ1) is 8.44. The number of nitrogens with zero attached hydrogens (tertiary/aromatic N) is 3. The predicted octanol–water partition coefficient (Wildman–Crippen LogP) is -0.325. The number of hydrogen-bond donors (Lipinski definition) is 1. The van der Waals surface area contributed by atoms with Gasteiger partial charge in [-0.25, -0.2) is 0 Å². The van der Waals surface area contributed by atoms with Crippen molar-refractivity contribution in [3.05, 3.63) is 32.4 Å². The molecular weight excluding hydrogens is 242 g/mol. The number of aliphatic hydroxyl groups is 1. The maximum Gasteiger partial charge on any atom is 0.259 e. The fourth-order valence-corrected chi connectivity index (χ4v) is 2.97. The molecule has 0 radical (unpaired) electrons. The topological polar surface area (TPSA) is 110 Å². The van der Waals surface area contributed by atoms with Crippen LogP contribution in [0.25, 0.3) is 0 Å². The second-order valence-electron chi connectivity index (χ2n) is 5.06. The Hall–Kier alpha value is -1.54. The summed E-state index contributed by atoms with van der Waals surface area (Å²) < 4.78 is 0. The molecule has 1 N–H and O–H groups in total. The lowest BCUT2D eigenvalue weighted by Crippen LogP contribution is -2.66. The Labute approximate surface area is 103 Å². The van der Waals surface area contributed by atoms with Crippen molar-refractivity contribution in [3.63, 3.8) is 0 Å². The van der Waals surface area contributed by atoms with Gasteiger partial charge in [0.25, 0.3) is 5.54 Å². The van der Waals surface area contributed by atoms with Gasteiger partial charge in [0.1, 0.15) is 0 Å². The van der Waals surface area contributed by atoms with Crippen molar-refractivity contribution in [3.8, 4) is 0 Å². The van der Waals surface area contributed by atoms with Crippen LogP contribution in [0.15, 0.2) is 12.2 Å². The minimum absolute atomic E-state index is 0.0710. The molecule has 1 aliphatic heterocycles. The summed E-state index contributed by atoms with van der Waals surface area (Å²) in [5, 5.41) is 31.4. The molecule has 0 aromatic rings. The highest BCUT2D eigenvalue weighted by atomic mass is 16.6. The van der Waals surface area contributed by atoms with Crippen LogP contribution in [0.4, 0.5) is 0 Å². The van der Waals surface area contributed by atoms with Crippen LogP contribution in [0.3, 0.4) is 0 Å². The fourth-order valence-electron chi connectivity index (χ4n) is 2.97. The standard InChI is InChI=1S/C10H15N3O5/c14-5-4-11-7-9(12(15)16)2-1-3-10(6-9,8-11)13(17)18/h1-2,14H,3-8H2/t9-,10+/m0/s1. The fraction of sp³-hybridized carbons (Fsp3) is 0.800. The van der Waals surface area contributed by atoms with Gasteiger partial charge in [-0.3, -0.25) is 25.1 Å². The number of likely N-dealkylation sites (tertiary alicyclic amines) is 1. The summed E-state index contributed by atoms with van der Waals surface area (Å²) in [6.07, 6.45) is 3.15. The smallest absolute Gasteiger partial charge is 0.259 e. The van der Waals surface area contributed by atoms with Crippen molar-refractivity contribution in [1.82, 2.24) is 4.90 Å². The van der Waals surface area contributed by atoms with E-state index in [0.717, 1.165) is 0 Å². The third kappa shape index (κ3) is 1.87. The molecule has 100 valence electrons. The summed E-state index contributed by atoms with van der Waals surface area (Å²) in [5.74, 6) is 0. The number of nitro groups is 2. The Kier molecular flexibility index (Phi) is 3.07. The summed E-state index contributed by atoms with van der Waals surface area (Å²) in [6, 6.07) is 0. The molecule has 8 nitrogen and oxygen atoms in total. The van der Waals surface area contributed by atoms with E-state index in [4.69, 9.17) is 5.11 Å². The van der Waals surface area contributed by atoms with Gasteiger partial charge >= 0.3 is 0 Å². The molecule has 0 aromatic carbocycles. The first-order valence-electron chi connectivity index (χ1n) is 5.74. The molecule has 2 rings (SSSR count). The molecule has 1 heterocycles. The zero-order chi connectivity index (χ0) is 13.4. The summed E-state index contributed by atoms with van der Waals surface area (Å²) in [6.45, 7) is 0.331. The van der Waals surface area contributed by atoms with Gasteiger partial charge in [-0.15, -0.1) is 0 Å². The zero-order valence-corrected chi connectivity index (χ0v) is 9.82. The minimum atomic E-state index is -1.39. The van der Waals surface area contributed by atoms with Gasteiger partial charge in [0.15, 0.2) is 0 Å². The SMILES string of the molecule is O=[N+]([O-])[C@]12C=CC[C@]([N+](=O)[O-])(CN(CCO)C1)C2. The molecule has 1 saturated heterocycles. The average Bonchev–Trinajstić information content (AvgIpc) is 2.28. The van der Waals surface area contributed by atoms with Gasteiger partial charge in [0.05, 0.1) is 26.1 Å². The number of aliphatic hydroxyl groups excluding tert-OH is 1. The summed E-state index contributed by atoms with van der Waals surface area (Å²) in [4.78, 5) is 23.3. The number of hydrogen-bond acceptors (Lipinski definition) is 6. The van der Waals surface area contributed by atoms with Crippen LogP contribution >= 0.6 is 0 Å². The number of fused-ring (bicyclic) bond motifs is 2. The Balaban J connectivity index is 2.38. The van der Waals surface area contributed by atoms with Crippen LogP contribution in [-0.4, -0.2) is 57.2 Å². The van der Waals surface area contributed by atoms with Crippen LogP contribution in [0, 0.1) is 20.2 Å². The summed E-state index contributed by atoms with van der Waals surface area (Å²) in [7, 11) is 0. The molecule has 0 unspecified atom stereocenters. The number of piperidine rings is 1. The lowest BCUT2D eigenvalue weighted by molar-refractivity contribution is -0.619. The molecule has 0 amide bonds. The third-order valence-corrected chi connectivity index (χ3v) is 3.74. The molecule has 0 spiro atoms. The van der Waals surface area contributed by atoms with E-state index in [1.54, 1.807) is 11.0 Å². The van der Waals surface area contributed by atoms with E-state index in [1.165, 1.54) is 6.08 Å². The van der Waals surface area contributed by atoms with Gasteiger partial charge in [0, 0.05) is 22.8 Å². The number of rotatable bonds is 4. The van der Waals surface area contributed by atoms with Crippen LogP contribution in [-0.2, 0) is 0 Å². The Morgan fingerprint density at radius 2 is 2.00 bits per heavy atom. The molecule has 18 heavy (non-hydrogen) atoms. The van der Waals surface area contributed by atoms with E-state index in [2.05, 4.69) is 0 Å².